The van der Waals surface area contributed by atoms with Crippen LogP contribution in [0.15, 0.2) is 66.1 Å². The van der Waals surface area contributed by atoms with E-state index in [9.17, 15) is 9.59 Å². The number of nitrogens with one attached hydrogen (secondary N) is 2. The largest absolute Gasteiger partial charge is 0.465 e. The Morgan fingerprint density at radius 3 is 2.52 bits per heavy atom. The van der Waals surface area contributed by atoms with Crippen LogP contribution in [0, 0.1) is 0 Å². The van der Waals surface area contributed by atoms with Crippen LogP contribution in [0.5, 0.6) is 0 Å². The van der Waals surface area contributed by atoms with Gasteiger partial charge in [0.2, 0.25) is 5.91 Å². The predicted octanol–water partition coefficient (Wildman–Crippen LogP) is 4.99. The maximum Gasteiger partial charge on any atom is 0.409 e. The number of anilines is 2. The van der Waals surface area contributed by atoms with E-state index in [2.05, 4.69) is 27.7 Å². The molecule has 33 heavy (non-hydrogen) atoms. The van der Waals surface area contributed by atoms with Gasteiger partial charge in [0.15, 0.2) is 0 Å². The predicted molar refractivity (Wildman–Crippen MR) is 132 cm³/mol. The van der Waals surface area contributed by atoms with Crippen molar-refractivity contribution < 1.29 is 19.4 Å². The van der Waals surface area contributed by atoms with Gasteiger partial charge in [-0.1, -0.05) is 36.4 Å². The number of carboxylic acid groups (broad SMARTS) is 1. The van der Waals surface area contributed by atoms with Crippen LogP contribution in [0.3, 0.4) is 0 Å². The first-order valence-electron chi connectivity index (χ1n) is 10.6. The van der Waals surface area contributed by atoms with E-state index in [0.29, 0.717) is 11.4 Å². The fraction of sp³-hybridized carbons (Fsp3) is 0.200. The summed E-state index contributed by atoms with van der Waals surface area (Å²) in [6.45, 7) is 4.31. The van der Waals surface area contributed by atoms with Crippen LogP contribution < -0.4 is 10.6 Å². The minimum absolute atomic E-state index is 0.317. The van der Waals surface area contributed by atoms with Gasteiger partial charge in [0.1, 0.15) is 0 Å². The van der Waals surface area contributed by atoms with Crippen LogP contribution in [0.25, 0.3) is 16.5 Å². The molecule has 3 aromatic rings. The Morgan fingerprint density at radius 2 is 1.82 bits per heavy atom. The van der Waals surface area contributed by atoms with Gasteiger partial charge in [-0.3, -0.25) is 15.0 Å². The van der Waals surface area contributed by atoms with Crippen molar-refractivity contribution in [3.8, 4) is 10.4 Å². The zero-order valence-electron chi connectivity index (χ0n) is 18.0. The first-order valence-corrected chi connectivity index (χ1v) is 11.5. The Morgan fingerprint density at radius 1 is 1.03 bits per heavy atom. The summed E-state index contributed by atoms with van der Waals surface area (Å²) in [5.74, 6) is -0.343. The van der Waals surface area contributed by atoms with Crippen molar-refractivity contribution in [2.45, 2.75) is 6.54 Å². The van der Waals surface area contributed by atoms with Gasteiger partial charge in [-0.25, -0.2) is 4.79 Å². The Hall–Kier alpha value is -3.46. The monoisotopic (exact) mass is 463 g/mol. The second kappa shape index (κ2) is 10.9. The molecule has 2 amide bonds. The SMILES string of the molecule is O=C(O)Nc1ccc(-c2cccs2)cc1NC(=O)C=Cc1ccc(CN2CCOCC2)cc1. The maximum absolute atomic E-state index is 12.6. The van der Waals surface area contributed by atoms with Crippen molar-refractivity contribution in [2.24, 2.45) is 0 Å². The molecule has 1 aromatic heterocycles. The number of amides is 2. The average molecular weight is 464 g/mol. The third-order valence-corrected chi connectivity index (χ3v) is 6.16. The van der Waals surface area contributed by atoms with Gasteiger partial charge in [-0.2, -0.15) is 0 Å². The molecule has 0 aliphatic carbocycles. The van der Waals surface area contributed by atoms with E-state index in [1.807, 2.05) is 35.7 Å². The Bertz CT molecular complexity index is 1120. The first kappa shape index (κ1) is 22.7. The summed E-state index contributed by atoms with van der Waals surface area (Å²) in [4.78, 5) is 27.1. The lowest BCUT2D eigenvalue weighted by molar-refractivity contribution is -0.111. The molecular weight excluding hydrogens is 438 g/mol. The number of morpholine rings is 1. The molecule has 0 unspecified atom stereocenters. The number of ether oxygens (including phenoxy) is 1. The molecule has 2 aromatic carbocycles. The number of thiophene rings is 1. The molecule has 0 spiro atoms. The van der Waals surface area contributed by atoms with Crippen LogP contribution in [-0.4, -0.2) is 48.3 Å². The third-order valence-electron chi connectivity index (χ3n) is 5.24. The number of carbonyl (C=O) groups excluding carboxylic acids is 1. The summed E-state index contributed by atoms with van der Waals surface area (Å²) in [5, 5.41) is 16.2. The number of rotatable bonds is 7. The number of carbonyl (C=O) groups is 2. The van der Waals surface area contributed by atoms with Gasteiger partial charge >= 0.3 is 6.09 Å². The van der Waals surface area contributed by atoms with Gasteiger partial charge in [-0.15, -0.1) is 11.3 Å². The fourth-order valence-corrected chi connectivity index (χ4v) is 4.29. The molecule has 1 aliphatic heterocycles. The van der Waals surface area contributed by atoms with Crippen molar-refractivity contribution in [1.82, 2.24) is 4.90 Å². The lowest BCUT2D eigenvalue weighted by Gasteiger charge is -2.26. The molecule has 3 N–H and O–H groups in total. The molecule has 1 saturated heterocycles. The van der Waals surface area contributed by atoms with E-state index in [4.69, 9.17) is 9.84 Å². The summed E-state index contributed by atoms with van der Waals surface area (Å²) < 4.78 is 5.38. The Labute approximate surface area is 196 Å². The van der Waals surface area contributed by atoms with Crippen molar-refractivity contribution in [1.29, 1.82) is 0 Å². The van der Waals surface area contributed by atoms with Crippen molar-refractivity contribution >= 4 is 40.8 Å². The molecule has 1 fully saturated rings. The Kier molecular flexibility index (Phi) is 7.51. The minimum Gasteiger partial charge on any atom is -0.465 e. The molecule has 4 rings (SSSR count). The summed E-state index contributed by atoms with van der Waals surface area (Å²) in [7, 11) is 0. The van der Waals surface area contributed by atoms with Crippen molar-refractivity contribution in [3.05, 3.63) is 77.2 Å². The zero-order chi connectivity index (χ0) is 23.0. The third kappa shape index (κ3) is 6.52. The van der Waals surface area contributed by atoms with E-state index in [-0.39, 0.29) is 5.91 Å². The molecule has 170 valence electrons. The van der Waals surface area contributed by atoms with E-state index >= 15 is 0 Å². The second-order valence-electron chi connectivity index (χ2n) is 7.62. The van der Waals surface area contributed by atoms with Gasteiger partial charge in [0.25, 0.3) is 0 Å². The molecule has 8 heteroatoms. The molecule has 0 saturated carbocycles. The normalized spacial score (nSPS) is 14.3. The molecule has 0 bridgehead atoms. The summed E-state index contributed by atoms with van der Waals surface area (Å²) in [5.41, 5.74) is 3.74. The summed E-state index contributed by atoms with van der Waals surface area (Å²) >= 11 is 1.57. The molecular formula is C25H25N3O4S. The van der Waals surface area contributed by atoms with Crippen LogP contribution in [0.1, 0.15) is 11.1 Å². The molecule has 7 nitrogen and oxygen atoms in total. The molecule has 0 radical (unpaired) electrons. The van der Waals surface area contributed by atoms with Crippen LogP contribution in [0.4, 0.5) is 16.2 Å². The summed E-state index contributed by atoms with van der Waals surface area (Å²) in [6, 6.07) is 17.2. The summed E-state index contributed by atoms with van der Waals surface area (Å²) in [6.07, 6.45) is 1.99. The number of benzene rings is 2. The lowest BCUT2D eigenvalue weighted by atomic mass is 10.1. The Balaban J connectivity index is 1.42. The quantitative estimate of drug-likeness (QED) is 0.430. The van der Waals surface area contributed by atoms with E-state index in [1.54, 1.807) is 29.5 Å². The standard InChI is InChI=1S/C25H25N3O4S/c29-24(10-7-18-3-5-19(6-4-18)17-28-11-13-32-14-12-28)26-22-16-20(23-2-1-15-33-23)8-9-21(22)27-25(30)31/h1-10,15-16,27H,11-14,17H2,(H,26,29)(H,30,31). The van der Waals surface area contributed by atoms with Crippen LogP contribution >= 0.6 is 11.3 Å². The highest BCUT2D eigenvalue weighted by atomic mass is 32.1. The highest BCUT2D eigenvalue weighted by molar-refractivity contribution is 7.13. The first-order chi connectivity index (χ1) is 16.1. The van der Waals surface area contributed by atoms with E-state index in [1.165, 1.54) is 11.6 Å². The second-order valence-corrected chi connectivity index (χ2v) is 8.57. The molecule has 1 aliphatic rings. The number of hydrogen-bond acceptors (Lipinski definition) is 5. The fourth-order valence-electron chi connectivity index (χ4n) is 3.57. The van der Waals surface area contributed by atoms with Crippen molar-refractivity contribution in [3.63, 3.8) is 0 Å². The van der Waals surface area contributed by atoms with Gasteiger partial charge < -0.3 is 15.2 Å². The van der Waals surface area contributed by atoms with Gasteiger partial charge in [0.05, 0.1) is 24.6 Å². The van der Waals surface area contributed by atoms with E-state index in [0.717, 1.165) is 48.9 Å². The highest BCUT2D eigenvalue weighted by Crippen LogP contribution is 2.31. The van der Waals surface area contributed by atoms with Crippen molar-refractivity contribution in [2.75, 3.05) is 36.9 Å². The topological polar surface area (TPSA) is 90.9 Å². The highest BCUT2D eigenvalue weighted by Gasteiger charge is 2.11. The minimum atomic E-state index is -1.19. The lowest BCUT2D eigenvalue weighted by Crippen LogP contribution is -2.35. The van der Waals surface area contributed by atoms with E-state index < -0.39 is 6.09 Å². The van der Waals surface area contributed by atoms with Crippen LogP contribution in [0.2, 0.25) is 0 Å². The maximum atomic E-state index is 12.6. The van der Waals surface area contributed by atoms with Crippen LogP contribution in [-0.2, 0) is 16.1 Å². The smallest absolute Gasteiger partial charge is 0.409 e. The molecule has 2 heterocycles. The molecule has 0 atom stereocenters. The number of nitrogens with zero attached hydrogens (tertiary/aromatic N) is 1. The van der Waals surface area contributed by atoms with Gasteiger partial charge in [-0.05, 0) is 46.3 Å². The van der Waals surface area contributed by atoms with Gasteiger partial charge in [0, 0.05) is 30.6 Å². The average Bonchev–Trinajstić information content (AvgIpc) is 3.35. The number of hydrogen-bond donors (Lipinski definition) is 3. The zero-order valence-corrected chi connectivity index (χ0v) is 18.8.